The van der Waals surface area contributed by atoms with Crippen LogP contribution in [0.4, 0.5) is 4.20 Å². The van der Waals surface area contributed by atoms with Crippen LogP contribution in [0.2, 0.25) is 0 Å². The topological polar surface area (TPSA) is 29.5 Å². The van der Waals surface area contributed by atoms with Gasteiger partial charge in [0.2, 0.25) is 0 Å². The zero-order chi connectivity index (χ0) is 31.5. The van der Waals surface area contributed by atoms with Crippen molar-refractivity contribution in [2.45, 2.75) is 136 Å². The fraction of sp³-hybridized carbons (Fsp3) is 0.538. The van der Waals surface area contributed by atoms with Crippen LogP contribution in [0.3, 0.4) is 0 Å². The zero-order valence-electron chi connectivity index (χ0n) is 27.9. The molecule has 0 aromatic heterocycles. The lowest BCUT2D eigenvalue weighted by molar-refractivity contribution is 0.420. The number of hydrogen-bond acceptors (Lipinski definition) is 2. The van der Waals surface area contributed by atoms with E-state index >= 15 is 0 Å². The van der Waals surface area contributed by atoms with Crippen LogP contribution in [0.25, 0.3) is 22.3 Å². The Morgan fingerprint density at radius 3 is 1.44 bits per heavy atom. The summed E-state index contributed by atoms with van der Waals surface area (Å²) in [6.07, 6.45) is 14.8. The molecular formula is C39H56FO2P. The van der Waals surface area contributed by atoms with Gasteiger partial charge in [0.25, 0.3) is 0 Å². The molecule has 236 valence electrons. The summed E-state index contributed by atoms with van der Waals surface area (Å²) in [5.41, 5.74) is 7.09. The molecule has 0 saturated carbocycles. The second kappa shape index (κ2) is 16.7. The van der Waals surface area contributed by atoms with E-state index in [0.717, 1.165) is 52.6 Å². The average Bonchev–Trinajstić information content (AvgIpc) is 2.95. The summed E-state index contributed by atoms with van der Waals surface area (Å²) >= 11 is 0. The van der Waals surface area contributed by atoms with Gasteiger partial charge in [-0.2, -0.15) is 0 Å². The maximum Gasteiger partial charge on any atom is 0.436 e. The normalized spacial score (nSPS) is 12.9. The monoisotopic (exact) mass is 606 g/mol. The van der Waals surface area contributed by atoms with E-state index in [0.29, 0.717) is 5.75 Å². The first-order valence-electron chi connectivity index (χ1n) is 16.6. The fourth-order valence-electron chi connectivity index (χ4n) is 6.44. The van der Waals surface area contributed by atoms with Gasteiger partial charge in [0.05, 0.1) is 0 Å². The van der Waals surface area contributed by atoms with Gasteiger partial charge < -0.3 is 9.42 Å². The quantitative estimate of drug-likeness (QED) is 0.130. The molecule has 3 aromatic rings. The lowest BCUT2D eigenvalue weighted by Gasteiger charge is -2.36. The van der Waals surface area contributed by atoms with E-state index in [4.69, 9.17) is 4.52 Å². The minimum absolute atomic E-state index is 0.208. The van der Waals surface area contributed by atoms with Gasteiger partial charge in [0.15, 0.2) is 0 Å². The third kappa shape index (κ3) is 10.2. The molecule has 0 radical (unpaired) electrons. The van der Waals surface area contributed by atoms with Crippen LogP contribution < -0.4 is 4.52 Å². The second-order valence-corrected chi connectivity index (χ2v) is 14.8. The fourth-order valence-corrected chi connectivity index (χ4v) is 6.79. The molecule has 1 N–H and O–H groups in total. The van der Waals surface area contributed by atoms with Crippen molar-refractivity contribution in [3.63, 3.8) is 0 Å². The summed E-state index contributed by atoms with van der Waals surface area (Å²) in [5.74, 6) is 0.529. The Morgan fingerprint density at radius 2 is 1.02 bits per heavy atom. The molecule has 0 amide bonds. The molecule has 0 aliphatic heterocycles. The standard InChI is InChI=1S/C39H56FO2P/c1-8-9-10-11-12-13-14-15-16-17-24-29-32-33(30-25-20-18-21-26-30)35(38(2,3)4)34(31-27-22-19-23-28-31)36(39(5,6)7)37(32)42-43(40)41/h18-23,25-28,41H,8-17,24,29H2,1-7H3. The Kier molecular flexibility index (Phi) is 13.7. The van der Waals surface area contributed by atoms with Gasteiger partial charge in [-0.25, -0.2) is 0 Å². The van der Waals surface area contributed by atoms with E-state index in [2.05, 4.69) is 97.0 Å². The highest BCUT2D eigenvalue weighted by Crippen LogP contribution is 2.54. The van der Waals surface area contributed by atoms with Gasteiger partial charge in [0.1, 0.15) is 5.75 Å². The Hall–Kier alpha value is -2.22. The summed E-state index contributed by atoms with van der Waals surface area (Å²) < 4.78 is 20.5. The number of rotatable bonds is 16. The third-order valence-electron chi connectivity index (χ3n) is 8.37. The van der Waals surface area contributed by atoms with E-state index in [-0.39, 0.29) is 10.8 Å². The summed E-state index contributed by atoms with van der Waals surface area (Å²) in [4.78, 5) is 10.1. The first kappa shape index (κ1) is 35.3. The van der Waals surface area contributed by atoms with Crippen molar-refractivity contribution in [1.82, 2.24) is 0 Å². The largest absolute Gasteiger partial charge is 0.436 e. The molecule has 0 spiro atoms. The highest BCUT2D eigenvalue weighted by Gasteiger charge is 2.36. The van der Waals surface area contributed by atoms with E-state index in [9.17, 15) is 9.09 Å². The maximum atomic E-state index is 14.6. The highest BCUT2D eigenvalue weighted by atomic mass is 31.2. The van der Waals surface area contributed by atoms with Gasteiger partial charge in [0, 0.05) is 11.1 Å². The summed E-state index contributed by atoms with van der Waals surface area (Å²) in [5, 5.41) is 0. The summed E-state index contributed by atoms with van der Waals surface area (Å²) in [6.45, 7) is 15.6. The smallest absolute Gasteiger partial charge is 0.423 e. The van der Waals surface area contributed by atoms with Crippen molar-refractivity contribution in [2.75, 3.05) is 0 Å². The van der Waals surface area contributed by atoms with E-state index in [1.165, 1.54) is 63.4 Å². The van der Waals surface area contributed by atoms with Gasteiger partial charge in [-0.1, -0.05) is 173 Å². The minimum Gasteiger partial charge on any atom is -0.423 e. The molecule has 1 unspecified atom stereocenters. The van der Waals surface area contributed by atoms with E-state index in [1.807, 2.05) is 12.1 Å². The van der Waals surface area contributed by atoms with Crippen LogP contribution in [-0.2, 0) is 17.3 Å². The molecule has 0 saturated heterocycles. The van der Waals surface area contributed by atoms with Crippen LogP contribution in [0.1, 0.15) is 136 Å². The Morgan fingerprint density at radius 1 is 0.605 bits per heavy atom. The van der Waals surface area contributed by atoms with Gasteiger partial charge in [-0.3, -0.25) is 0 Å². The van der Waals surface area contributed by atoms with Crippen molar-refractivity contribution in [2.24, 2.45) is 0 Å². The maximum absolute atomic E-state index is 14.6. The minimum atomic E-state index is -3.09. The second-order valence-electron chi connectivity index (χ2n) is 14.1. The Balaban J connectivity index is 2.10. The molecule has 43 heavy (non-hydrogen) atoms. The van der Waals surface area contributed by atoms with Crippen molar-refractivity contribution >= 4 is 8.69 Å². The molecular weight excluding hydrogens is 550 g/mol. The molecule has 0 aliphatic carbocycles. The molecule has 1 atom stereocenters. The Labute approximate surface area is 263 Å². The zero-order valence-corrected chi connectivity index (χ0v) is 28.8. The third-order valence-corrected chi connectivity index (χ3v) is 8.71. The molecule has 4 heteroatoms. The van der Waals surface area contributed by atoms with Crippen LogP contribution >= 0.6 is 8.69 Å². The molecule has 3 rings (SSSR count). The number of benzene rings is 3. The van der Waals surface area contributed by atoms with Crippen molar-refractivity contribution in [1.29, 1.82) is 0 Å². The number of hydrogen-bond donors (Lipinski definition) is 1. The SMILES string of the molecule is CCCCCCCCCCCCCc1c(OP(O)F)c(C(C)(C)C)c(-c2ccccc2)c(C(C)(C)C)c1-c1ccccc1. The van der Waals surface area contributed by atoms with Crippen molar-refractivity contribution in [3.05, 3.63) is 77.4 Å². The molecule has 0 fully saturated rings. The van der Waals surface area contributed by atoms with E-state index in [1.54, 1.807) is 0 Å². The number of unbranched alkanes of at least 4 members (excludes halogenated alkanes) is 10. The molecule has 2 nitrogen and oxygen atoms in total. The predicted octanol–water partition coefficient (Wildman–Crippen LogP) is 13.0. The van der Waals surface area contributed by atoms with Crippen LogP contribution in [0.15, 0.2) is 60.7 Å². The molecule has 3 aromatic carbocycles. The Bertz CT molecular complexity index is 1240. The van der Waals surface area contributed by atoms with Crippen LogP contribution in [-0.4, -0.2) is 4.89 Å². The van der Waals surface area contributed by atoms with Gasteiger partial charge in [-0.05, 0) is 51.5 Å². The predicted molar refractivity (Wildman–Crippen MR) is 186 cm³/mol. The van der Waals surface area contributed by atoms with Crippen LogP contribution in [0, 0.1) is 0 Å². The van der Waals surface area contributed by atoms with Gasteiger partial charge >= 0.3 is 8.69 Å². The summed E-state index contributed by atoms with van der Waals surface area (Å²) in [7, 11) is -3.09. The molecule has 0 aliphatic rings. The van der Waals surface area contributed by atoms with Crippen LogP contribution in [0.5, 0.6) is 5.75 Å². The average molecular weight is 607 g/mol. The summed E-state index contributed by atoms with van der Waals surface area (Å²) in [6, 6.07) is 20.9. The van der Waals surface area contributed by atoms with Crippen molar-refractivity contribution in [3.8, 4) is 28.0 Å². The lowest BCUT2D eigenvalue weighted by Crippen LogP contribution is -2.23. The number of halogens is 1. The molecule has 0 heterocycles. The van der Waals surface area contributed by atoms with Gasteiger partial charge in [-0.15, -0.1) is 4.20 Å². The molecule has 0 bridgehead atoms. The highest BCUT2D eigenvalue weighted by molar-refractivity contribution is 7.40. The van der Waals surface area contributed by atoms with Crippen molar-refractivity contribution < 1.29 is 13.6 Å². The first-order chi connectivity index (χ1) is 20.5. The first-order valence-corrected chi connectivity index (χ1v) is 17.7. The van der Waals surface area contributed by atoms with E-state index < -0.39 is 8.69 Å². The lowest BCUT2D eigenvalue weighted by atomic mass is 9.69.